The van der Waals surface area contributed by atoms with Gasteiger partial charge in [0.2, 0.25) is 5.82 Å². The van der Waals surface area contributed by atoms with Gasteiger partial charge in [0.05, 0.1) is 13.2 Å². The van der Waals surface area contributed by atoms with E-state index in [1.807, 2.05) is 10.7 Å². The van der Waals surface area contributed by atoms with E-state index in [2.05, 4.69) is 53.6 Å². The zero-order valence-corrected chi connectivity index (χ0v) is 14.0. The average Bonchev–Trinajstić information content (AvgIpc) is 3.03. The molecule has 0 bridgehead atoms. The second-order valence-corrected chi connectivity index (χ2v) is 6.49. The Hall–Kier alpha value is -1.79. The Kier molecular flexibility index (Phi) is 5.35. The smallest absolute Gasteiger partial charge is 0.209 e. The topological polar surface area (TPSA) is 57.3 Å². The first-order valence-electron chi connectivity index (χ1n) is 8.48. The van der Waals surface area contributed by atoms with Crippen molar-refractivity contribution in [1.82, 2.24) is 20.2 Å². The predicted octanol–water partition coefficient (Wildman–Crippen LogP) is 0.528. The van der Waals surface area contributed by atoms with Gasteiger partial charge in [-0.3, -0.25) is 0 Å². The molecule has 2 aromatic rings. The van der Waals surface area contributed by atoms with Crippen LogP contribution in [-0.4, -0.2) is 46.5 Å². The Morgan fingerprint density at radius 3 is 2.61 bits per heavy atom. The lowest BCUT2D eigenvalue weighted by atomic mass is 10.0. The molecule has 0 spiro atoms. The van der Waals surface area contributed by atoms with Crippen molar-refractivity contribution in [3.05, 3.63) is 41.7 Å². The molecule has 6 nitrogen and oxygen atoms in total. The van der Waals surface area contributed by atoms with Crippen molar-refractivity contribution < 1.29 is 9.64 Å². The number of hydrogen-bond acceptors (Lipinski definition) is 4. The van der Waals surface area contributed by atoms with Crippen LogP contribution in [0.4, 0.5) is 0 Å². The molecule has 1 aliphatic heterocycles. The second-order valence-electron chi connectivity index (χ2n) is 6.49. The maximum Gasteiger partial charge on any atom is 0.209 e. The number of quaternary nitrogens is 1. The third kappa shape index (κ3) is 3.95. The van der Waals surface area contributed by atoms with Crippen molar-refractivity contribution in [3.63, 3.8) is 0 Å². The molecule has 0 unspecified atom stereocenters. The molecule has 1 N–H and O–H groups in total. The van der Waals surface area contributed by atoms with E-state index in [1.54, 1.807) is 0 Å². The van der Waals surface area contributed by atoms with Crippen molar-refractivity contribution >= 4 is 0 Å². The maximum atomic E-state index is 5.50. The van der Waals surface area contributed by atoms with Crippen LogP contribution in [0.3, 0.4) is 0 Å². The van der Waals surface area contributed by atoms with Gasteiger partial charge in [-0.2, -0.15) is 0 Å². The highest BCUT2D eigenvalue weighted by Gasteiger charge is 2.33. The number of morpholine rings is 1. The first-order chi connectivity index (χ1) is 11.3. The molecule has 1 aromatic heterocycles. The van der Waals surface area contributed by atoms with Crippen LogP contribution in [0.5, 0.6) is 0 Å². The van der Waals surface area contributed by atoms with Crippen LogP contribution >= 0.6 is 0 Å². The number of nitrogens with one attached hydrogen (secondary N) is 1. The third-order valence-corrected chi connectivity index (χ3v) is 4.53. The van der Waals surface area contributed by atoms with Gasteiger partial charge >= 0.3 is 0 Å². The fraction of sp³-hybridized carbons (Fsp3) is 0.588. The minimum atomic E-state index is 0.324. The van der Waals surface area contributed by atoms with Crippen LogP contribution in [-0.2, 0) is 17.7 Å². The normalized spacial score (nSPS) is 17.5. The number of aryl methyl sites for hydroxylation is 2. The lowest BCUT2D eigenvalue weighted by Crippen LogP contribution is -3.15. The molecule has 1 aliphatic rings. The SMILES string of the molecule is CC(C)[C@@H](c1nnnn1CCc1ccccc1)[NH+]1CCOCC1. The summed E-state index contributed by atoms with van der Waals surface area (Å²) in [5, 5.41) is 12.6. The molecule has 0 aliphatic carbocycles. The molecule has 2 heterocycles. The highest BCUT2D eigenvalue weighted by molar-refractivity contribution is 5.14. The molecular formula is C17H26N5O+. The Balaban J connectivity index is 1.74. The summed E-state index contributed by atoms with van der Waals surface area (Å²) in [7, 11) is 0. The van der Waals surface area contributed by atoms with Crippen LogP contribution in [0.1, 0.15) is 31.3 Å². The Morgan fingerprint density at radius 1 is 1.17 bits per heavy atom. The number of tetrazole rings is 1. The highest BCUT2D eigenvalue weighted by Crippen LogP contribution is 2.16. The number of aromatic nitrogens is 4. The lowest BCUT2D eigenvalue weighted by Gasteiger charge is -2.32. The van der Waals surface area contributed by atoms with E-state index in [-0.39, 0.29) is 0 Å². The standard InChI is InChI=1S/C17H25N5O/c1-14(2)16(21-10-12-23-13-11-21)17-18-19-20-22(17)9-8-15-6-4-3-5-7-15/h3-7,14,16H,8-13H2,1-2H3/p+1/t16-/m0/s1. The van der Waals surface area contributed by atoms with E-state index in [9.17, 15) is 0 Å². The maximum absolute atomic E-state index is 5.50. The van der Waals surface area contributed by atoms with E-state index >= 15 is 0 Å². The minimum absolute atomic E-state index is 0.324. The van der Waals surface area contributed by atoms with Crippen LogP contribution in [0, 0.1) is 5.92 Å². The van der Waals surface area contributed by atoms with Crippen LogP contribution in [0.15, 0.2) is 30.3 Å². The van der Waals surface area contributed by atoms with Gasteiger partial charge in [0.15, 0.2) is 6.04 Å². The monoisotopic (exact) mass is 316 g/mol. The molecule has 0 radical (unpaired) electrons. The second kappa shape index (κ2) is 7.66. The summed E-state index contributed by atoms with van der Waals surface area (Å²) in [6.45, 7) is 9.02. The zero-order chi connectivity index (χ0) is 16.1. The summed E-state index contributed by atoms with van der Waals surface area (Å²) in [5.74, 6) is 1.50. The largest absolute Gasteiger partial charge is 0.370 e. The Labute approximate surface area is 137 Å². The van der Waals surface area contributed by atoms with Crippen LogP contribution < -0.4 is 4.90 Å². The number of nitrogens with zero attached hydrogens (tertiary/aromatic N) is 4. The van der Waals surface area contributed by atoms with Crippen molar-refractivity contribution in [2.45, 2.75) is 32.9 Å². The van der Waals surface area contributed by atoms with E-state index in [0.29, 0.717) is 12.0 Å². The summed E-state index contributed by atoms with van der Waals surface area (Å²) in [6.07, 6.45) is 0.947. The molecule has 0 amide bonds. The van der Waals surface area contributed by atoms with Crippen molar-refractivity contribution in [2.24, 2.45) is 5.92 Å². The van der Waals surface area contributed by atoms with Gasteiger partial charge in [-0.05, 0) is 22.4 Å². The number of hydrogen-bond donors (Lipinski definition) is 1. The van der Waals surface area contributed by atoms with Gasteiger partial charge in [-0.15, -0.1) is 5.10 Å². The molecule has 23 heavy (non-hydrogen) atoms. The molecular weight excluding hydrogens is 290 g/mol. The first kappa shape index (κ1) is 16.1. The molecule has 3 rings (SSSR count). The van der Waals surface area contributed by atoms with E-state index in [0.717, 1.165) is 45.1 Å². The van der Waals surface area contributed by atoms with Crippen molar-refractivity contribution in [3.8, 4) is 0 Å². The molecule has 1 fully saturated rings. The third-order valence-electron chi connectivity index (χ3n) is 4.53. The molecule has 124 valence electrons. The van der Waals surface area contributed by atoms with Gasteiger partial charge in [-0.25, -0.2) is 4.68 Å². The van der Waals surface area contributed by atoms with Gasteiger partial charge < -0.3 is 9.64 Å². The summed E-state index contributed by atoms with van der Waals surface area (Å²) in [5.41, 5.74) is 1.31. The Morgan fingerprint density at radius 2 is 1.91 bits per heavy atom. The average molecular weight is 316 g/mol. The number of rotatable bonds is 6. The fourth-order valence-electron chi connectivity index (χ4n) is 3.37. The van der Waals surface area contributed by atoms with E-state index in [1.165, 1.54) is 10.5 Å². The molecule has 0 saturated carbocycles. The van der Waals surface area contributed by atoms with E-state index < -0.39 is 0 Å². The summed E-state index contributed by atoms with van der Waals surface area (Å²) >= 11 is 0. The summed E-state index contributed by atoms with van der Waals surface area (Å²) in [4.78, 5) is 1.53. The van der Waals surface area contributed by atoms with Crippen molar-refractivity contribution in [1.29, 1.82) is 0 Å². The highest BCUT2D eigenvalue weighted by atomic mass is 16.5. The van der Waals surface area contributed by atoms with Gasteiger partial charge in [0, 0.05) is 12.5 Å². The quantitative estimate of drug-likeness (QED) is 0.844. The van der Waals surface area contributed by atoms with Crippen LogP contribution in [0.2, 0.25) is 0 Å². The number of benzene rings is 1. The molecule has 6 heteroatoms. The molecule has 1 saturated heterocycles. The van der Waals surface area contributed by atoms with Gasteiger partial charge in [0.25, 0.3) is 0 Å². The summed E-state index contributed by atoms with van der Waals surface area (Å²) in [6, 6.07) is 10.8. The first-order valence-corrected chi connectivity index (χ1v) is 8.48. The zero-order valence-electron chi connectivity index (χ0n) is 14.0. The minimum Gasteiger partial charge on any atom is -0.370 e. The predicted molar refractivity (Wildman–Crippen MR) is 87.1 cm³/mol. The Bertz CT molecular complexity index is 592. The lowest BCUT2D eigenvalue weighted by molar-refractivity contribution is -0.943. The summed E-state index contributed by atoms with van der Waals surface area (Å²) < 4.78 is 7.49. The van der Waals surface area contributed by atoms with Crippen LogP contribution in [0.25, 0.3) is 0 Å². The fourth-order valence-corrected chi connectivity index (χ4v) is 3.37. The molecule has 1 atom stereocenters. The van der Waals surface area contributed by atoms with Gasteiger partial charge in [-0.1, -0.05) is 44.2 Å². The van der Waals surface area contributed by atoms with E-state index in [4.69, 9.17) is 4.74 Å². The van der Waals surface area contributed by atoms with Crippen molar-refractivity contribution in [2.75, 3.05) is 26.3 Å². The molecule has 1 aromatic carbocycles. The number of ether oxygens (including phenoxy) is 1. The van der Waals surface area contributed by atoms with Gasteiger partial charge in [0.1, 0.15) is 13.1 Å².